The minimum Gasteiger partial charge on any atom is -0.479 e. The molecule has 0 spiro atoms. The highest BCUT2D eigenvalue weighted by Crippen LogP contribution is 2.27. The van der Waals surface area contributed by atoms with E-state index in [1.807, 2.05) is 18.2 Å². The Labute approximate surface area is 123 Å². The van der Waals surface area contributed by atoms with E-state index < -0.39 is 11.5 Å². The lowest BCUT2D eigenvalue weighted by atomic mass is 9.83. The SMILES string of the molecule is O=C(NC1(C(=O)O)CCOC1)C1CCc2ccccc2C1. The highest BCUT2D eigenvalue weighted by molar-refractivity contribution is 5.88. The molecule has 0 bridgehead atoms. The second kappa shape index (κ2) is 5.48. The number of amides is 1. The molecule has 112 valence electrons. The number of fused-ring (bicyclic) bond motifs is 1. The first-order chi connectivity index (χ1) is 10.1. The molecule has 5 nitrogen and oxygen atoms in total. The average Bonchev–Trinajstić information content (AvgIpc) is 2.96. The van der Waals surface area contributed by atoms with Crippen LogP contribution in [0.4, 0.5) is 0 Å². The van der Waals surface area contributed by atoms with Gasteiger partial charge in [0.1, 0.15) is 0 Å². The van der Waals surface area contributed by atoms with Crippen molar-refractivity contribution in [2.75, 3.05) is 13.2 Å². The summed E-state index contributed by atoms with van der Waals surface area (Å²) in [5, 5.41) is 12.1. The van der Waals surface area contributed by atoms with Gasteiger partial charge in [-0.3, -0.25) is 4.79 Å². The maximum Gasteiger partial charge on any atom is 0.331 e. The number of benzene rings is 1. The number of carboxylic acids is 1. The molecule has 2 unspecified atom stereocenters. The van der Waals surface area contributed by atoms with Crippen molar-refractivity contribution in [1.29, 1.82) is 0 Å². The molecule has 2 N–H and O–H groups in total. The minimum absolute atomic E-state index is 0.0530. The van der Waals surface area contributed by atoms with Crippen LogP contribution >= 0.6 is 0 Å². The predicted molar refractivity (Wildman–Crippen MR) is 75.9 cm³/mol. The number of ether oxygens (including phenoxy) is 1. The van der Waals surface area contributed by atoms with Crippen LogP contribution < -0.4 is 5.32 Å². The molecule has 0 radical (unpaired) electrons. The fourth-order valence-corrected chi connectivity index (χ4v) is 3.15. The van der Waals surface area contributed by atoms with Gasteiger partial charge in [0, 0.05) is 18.9 Å². The predicted octanol–water partition coefficient (Wildman–Crippen LogP) is 1.15. The molecule has 1 fully saturated rings. The number of carboxylic acid groups (broad SMARTS) is 1. The second-order valence-corrected chi connectivity index (χ2v) is 5.89. The zero-order valence-corrected chi connectivity index (χ0v) is 11.8. The highest BCUT2D eigenvalue weighted by atomic mass is 16.5. The average molecular weight is 289 g/mol. The van der Waals surface area contributed by atoms with Gasteiger partial charge < -0.3 is 15.2 Å². The first kappa shape index (κ1) is 14.1. The maximum atomic E-state index is 12.4. The Bertz CT molecular complexity index is 563. The molecule has 3 rings (SSSR count). The standard InChI is InChI=1S/C16H19NO4/c18-14(17-16(15(19)20)7-8-21-10-16)13-6-5-11-3-1-2-4-12(11)9-13/h1-4,13H,5-10H2,(H,17,18)(H,19,20). The Morgan fingerprint density at radius 3 is 2.71 bits per heavy atom. The monoisotopic (exact) mass is 289 g/mol. The summed E-state index contributed by atoms with van der Waals surface area (Å²) < 4.78 is 5.17. The van der Waals surface area contributed by atoms with Crippen LogP contribution in [0.2, 0.25) is 0 Å². The molecule has 2 atom stereocenters. The van der Waals surface area contributed by atoms with E-state index in [1.54, 1.807) is 0 Å². The van der Waals surface area contributed by atoms with Gasteiger partial charge in [-0.1, -0.05) is 24.3 Å². The van der Waals surface area contributed by atoms with Gasteiger partial charge in [-0.25, -0.2) is 4.79 Å². The fraction of sp³-hybridized carbons (Fsp3) is 0.500. The van der Waals surface area contributed by atoms with E-state index in [1.165, 1.54) is 11.1 Å². The van der Waals surface area contributed by atoms with Gasteiger partial charge in [0.2, 0.25) is 5.91 Å². The molecule has 1 amide bonds. The molecule has 0 saturated carbocycles. The Hall–Kier alpha value is -1.88. The van der Waals surface area contributed by atoms with Crippen molar-refractivity contribution in [3.63, 3.8) is 0 Å². The molecule has 1 aromatic carbocycles. The van der Waals surface area contributed by atoms with E-state index in [-0.39, 0.29) is 18.4 Å². The van der Waals surface area contributed by atoms with Gasteiger partial charge in [0.15, 0.2) is 5.54 Å². The molecular weight excluding hydrogens is 270 g/mol. The Morgan fingerprint density at radius 1 is 1.29 bits per heavy atom. The number of hydrogen-bond donors (Lipinski definition) is 2. The number of aliphatic carboxylic acids is 1. The van der Waals surface area contributed by atoms with Crippen molar-refractivity contribution >= 4 is 11.9 Å². The molecule has 0 aromatic heterocycles. The second-order valence-electron chi connectivity index (χ2n) is 5.89. The largest absolute Gasteiger partial charge is 0.479 e. The molecule has 2 aliphatic rings. The van der Waals surface area contributed by atoms with Crippen LogP contribution in [-0.4, -0.2) is 35.7 Å². The van der Waals surface area contributed by atoms with E-state index in [4.69, 9.17) is 4.74 Å². The fourth-order valence-electron chi connectivity index (χ4n) is 3.15. The third-order valence-corrected chi connectivity index (χ3v) is 4.51. The van der Waals surface area contributed by atoms with Gasteiger partial charge in [0.25, 0.3) is 0 Å². The number of rotatable bonds is 3. The van der Waals surface area contributed by atoms with Crippen molar-refractivity contribution < 1.29 is 19.4 Å². The lowest BCUT2D eigenvalue weighted by Gasteiger charge is -2.29. The van der Waals surface area contributed by atoms with Crippen LogP contribution in [0.5, 0.6) is 0 Å². The van der Waals surface area contributed by atoms with Crippen molar-refractivity contribution in [1.82, 2.24) is 5.32 Å². The number of carbonyl (C=O) groups excluding carboxylic acids is 1. The third-order valence-electron chi connectivity index (χ3n) is 4.51. The van der Waals surface area contributed by atoms with Crippen molar-refractivity contribution in [3.05, 3.63) is 35.4 Å². The summed E-state index contributed by atoms with van der Waals surface area (Å²) in [5.41, 5.74) is 1.24. The molecule has 21 heavy (non-hydrogen) atoms. The van der Waals surface area contributed by atoms with Crippen LogP contribution in [0.3, 0.4) is 0 Å². The summed E-state index contributed by atoms with van der Waals surface area (Å²) in [7, 11) is 0. The van der Waals surface area contributed by atoms with Crippen molar-refractivity contribution in [2.24, 2.45) is 5.92 Å². The van der Waals surface area contributed by atoms with E-state index >= 15 is 0 Å². The maximum absolute atomic E-state index is 12.4. The Kier molecular flexibility index (Phi) is 3.68. The number of nitrogens with one attached hydrogen (secondary N) is 1. The normalized spacial score (nSPS) is 27.9. The van der Waals surface area contributed by atoms with Gasteiger partial charge in [-0.2, -0.15) is 0 Å². The molecular formula is C16H19NO4. The molecule has 1 aromatic rings. The lowest BCUT2D eigenvalue weighted by Crippen LogP contribution is -2.57. The number of carbonyl (C=O) groups is 2. The van der Waals surface area contributed by atoms with E-state index in [0.29, 0.717) is 19.4 Å². The van der Waals surface area contributed by atoms with Crippen molar-refractivity contribution in [2.45, 2.75) is 31.2 Å². The molecule has 1 aliphatic heterocycles. The van der Waals surface area contributed by atoms with E-state index in [0.717, 1.165) is 12.8 Å². The molecule has 5 heteroatoms. The summed E-state index contributed by atoms with van der Waals surface area (Å²) in [6, 6.07) is 8.12. The van der Waals surface area contributed by atoms with Crippen LogP contribution in [-0.2, 0) is 27.2 Å². The van der Waals surface area contributed by atoms with Crippen LogP contribution in [0.25, 0.3) is 0 Å². The van der Waals surface area contributed by atoms with Gasteiger partial charge in [-0.15, -0.1) is 0 Å². The summed E-state index contributed by atoms with van der Waals surface area (Å²) in [6.07, 6.45) is 2.64. The van der Waals surface area contributed by atoms with E-state index in [2.05, 4.69) is 11.4 Å². The number of hydrogen-bond acceptors (Lipinski definition) is 3. The third kappa shape index (κ3) is 2.65. The van der Waals surface area contributed by atoms with Crippen LogP contribution in [0, 0.1) is 5.92 Å². The van der Waals surface area contributed by atoms with Gasteiger partial charge >= 0.3 is 5.97 Å². The topological polar surface area (TPSA) is 75.6 Å². The van der Waals surface area contributed by atoms with Gasteiger partial charge in [0.05, 0.1) is 6.61 Å². The van der Waals surface area contributed by atoms with Crippen molar-refractivity contribution in [3.8, 4) is 0 Å². The number of aryl methyl sites for hydroxylation is 1. The Balaban J connectivity index is 1.71. The zero-order chi connectivity index (χ0) is 14.9. The highest BCUT2D eigenvalue weighted by Gasteiger charge is 2.45. The summed E-state index contributed by atoms with van der Waals surface area (Å²) in [5.74, 6) is -1.33. The summed E-state index contributed by atoms with van der Waals surface area (Å²) in [6.45, 7) is 0.428. The molecule has 1 aliphatic carbocycles. The van der Waals surface area contributed by atoms with Crippen LogP contribution in [0.15, 0.2) is 24.3 Å². The quantitative estimate of drug-likeness (QED) is 0.875. The van der Waals surface area contributed by atoms with Crippen LogP contribution in [0.1, 0.15) is 24.0 Å². The minimum atomic E-state index is -1.24. The van der Waals surface area contributed by atoms with Gasteiger partial charge in [-0.05, 0) is 30.4 Å². The lowest BCUT2D eigenvalue weighted by molar-refractivity contribution is -0.148. The molecule has 1 heterocycles. The smallest absolute Gasteiger partial charge is 0.331 e. The zero-order valence-electron chi connectivity index (χ0n) is 11.8. The first-order valence-electron chi connectivity index (χ1n) is 7.31. The summed E-state index contributed by atoms with van der Waals surface area (Å²) >= 11 is 0. The summed E-state index contributed by atoms with van der Waals surface area (Å²) in [4.78, 5) is 23.9. The van der Waals surface area contributed by atoms with E-state index in [9.17, 15) is 14.7 Å². The molecule has 1 saturated heterocycles. The first-order valence-corrected chi connectivity index (χ1v) is 7.31. The Morgan fingerprint density at radius 2 is 2.05 bits per heavy atom.